The average Bonchev–Trinajstić information content (AvgIpc) is 2.63. The second-order valence-corrected chi connectivity index (χ2v) is 4.03. The van der Waals surface area contributed by atoms with E-state index >= 15 is 0 Å². The quantitative estimate of drug-likeness (QED) is 0.660. The van der Waals surface area contributed by atoms with E-state index in [4.69, 9.17) is 6.42 Å². The Balaban J connectivity index is 2.35. The number of hydrogen-bond donors (Lipinski definition) is 0. The summed E-state index contributed by atoms with van der Waals surface area (Å²) in [6, 6.07) is 4.73. The van der Waals surface area contributed by atoms with Crippen LogP contribution >= 0.6 is 0 Å². The molecule has 1 aromatic carbocycles. The van der Waals surface area contributed by atoms with Crippen molar-refractivity contribution in [2.45, 2.75) is 13.3 Å². The molecule has 0 bridgehead atoms. The second-order valence-electron chi connectivity index (χ2n) is 4.03. The molecule has 16 heavy (non-hydrogen) atoms. The fourth-order valence-electron chi connectivity index (χ4n) is 1.88. The molecule has 1 atom stereocenters. The number of rotatable bonds is 1. The molecule has 1 fully saturated rings. The first-order valence-electron chi connectivity index (χ1n) is 5.14. The van der Waals surface area contributed by atoms with Gasteiger partial charge in [0, 0.05) is 18.9 Å². The van der Waals surface area contributed by atoms with Crippen LogP contribution in [0.4, 0.5) is 10.1 Å². The van der Waals surface area contributed by atoms with E-state index in [1.807, 2.05) is 6.92 Å². The molecule has 1 heterocycles. The SMILES string of the molecule is C#CC1CC(=O)N(c2cc(C)ccc2F)C1. The first kappa shape index (κ1) is 10.7. The number of terminal acetylenes is 1. The monoisotopic (exact) mass is 217 g/mol. The molecule has 0 radical (unpaired) electrons. The smallest absolute Gasteiger partial charge is 0.228 e. The van der Waals surface area contributed by atoms with Crippen LogP contribution in [-0.4, -0.2) is 12.5 Å². The third-order valence-electron chi connectivity index (χ3n) is 2.75. The lowest BCUT2D eigenvalue weighted by Crippen LogP contribution is -2.25. The van der Waals surface area contributed by atoms with Gasteiger partial charge in [0.15, 0.2) is 0 Å². The largest absolute Gasteiger partial charge is 0.308 e. The van der Waals surface area contributed by atoms with Crippen molar-refractivity contribution in [3.05, 3.63) is 29.6 Å². The van der Waals surface area contributed by atoms with Gasteiger partial charge in [0.2, 0.25) is 5.91 Å². The molecular weight excluding hydrogens is 205 g/mol. The summed E-state index contributed by atoms with van der Waals surface area (Å²) in [4.78, 5) is 13.1. The first-order valence-corrected chi connectivity index (χ1v) is 5.14. The van der Waals surface area contributed by atoms with Gasteiger partial charge in [0.1, 0.15) is 5.82 Å². The van der Waals surface area contributed by atoms with Crippen LogP contribution in [-0.2, 0) is 4.79 Å². The molecular formula is C13H12FNO. The molecule has 1 aromatic rings. The van der Waals surface area contributed by atoms with Crippen molar-refractivity contribution in [3.8, 4) is 12.3 Å². The summed E-state index contributed by atoms with van der Waals surface area (Å²) in [7, 11) is 0. The summed E-state index contributed by atoms with van der Waals surface area (Å²) in [5.41, 5.74) is 1.26. The summed E-state index contributed by atoms with van der Waals surface area (Å²) in [6.07, 6.45) is 5.59. The van der Waals surface area contributed by atoms with Crippen molar-refractivity contribution >= 4 is 11.6 Å². The topological polar surface area (TPSA) is 20.3 Å². The molecule has 1 unspecified atom stereocenters. The molecule has 2 nitrogen and oxygen atoms in total. The van der Waals surface area contributed by atoms with E-state index < -0.39 is 0 Å². The molecule has 1 saturated heterocycles. The lowest BCUT2D eigenvalue weighted by atomic mass is 10.1. The Kier molecular flexibility index (Phi) is 2.66. The van der Waals surface area contributed by atoms with Gasteiger partial charge in [0.05, 0.1) is 5.69 Å². The molecule has 0 aromatic heterocycles. The minimum absolute atomic E-state index is 0.104. The highest BCUT2D eigenvalue weighted by Gasteiger charge is 2.30. The highest BCUT2D eigenvalue weighted by Crippen LogP contribution is 2.27. The Bertz CT molecular complexity index is 475. The van der Waals surface area contributed by atoms with E-state index in [2.05, 4.69) is 5.92 Å². The van der Waals surface area contributed by atoms with Crippen molar-refractivity contribution in [1.29, 1.82) is 0 Å². The van der Waals surface area contributed by atoms with Gasteiger partial charge in [-0.2, -0.15) is 0 Å². The third-order valence-corrected chi connectivity index (χ3v) is 2.75. The number of hydrogen-bond acceptors (Lipinski definition) is 1. The number of aryl methyl sites for hydroxylation is 1. The Labute approximate surface area is 94.1 Å². The van der Waals surface area contributed by atoms with Crippen molar-refractivity contribution in [2.24, 2.45) is 5.92 Å². The van der Waals surface area contributed by atoms with Crippen molar-refractivity contribution in [1.82, 2.24) is 0 Å². The highest BCUT2D eigenvalue weighted by atomic mass is 19.1. The normalized spacial score (nSPS) is 19.9. The highest BCUT2D eigenvalue weighted by molar-refractivity contribution is 5.96. The summed E-state index contributed by atoms with van der Waals surface area (Å²) in [6.45, 7) is 2.28. The summed E-state index contributed by atoms with van der Waals surface area (Å²) in [5, 5.41) is 0. The van der Waals surface area contributed by atoms with Crippen LogP contribution in [0.25, 0.3) is 0 Å². The van der Waals surface area contributed by atoms with Gasteiger partial charge < -0.3 is 4.90 Å². The molecule has 82 valence electrons. The summed E-state index contributed by atoms with van der Waals surface area (Å²) >= 11 is 0. The summed E-state index contributed by atoms with van der Waals surface area (Å²) < 4.78 is 13.6. The van der Waals surface area contributed by atoms with Gasteiger partial charge in [-0.25, -0.2) is 4.39 Å². The number of carbonyl (C=O) groups excluding carboxylic acids is 1. The third kappa shape index (κ3) is 1.79. The predicted octanol–water partition coefficient (Wildman–Crippen LogP) is 2.12. The van der Waals surface area contributed by atoms with E-state index in [0.717, 1.165) is 5.56 Å². The standard InChI is InChI=1S/C13H12FNO/c1-3-10-7-13(16)15(8-10)12-6-9(2)4-5-11(12)14/h1,4-6,10H,7-8H2,2H3. The van der Waals surface area contributed by atoms with E-state index in [1.54, 1.807) is 12.1 Å². The Morgan fingerprint density at radius 1 is 1.56 bits per heavy atom. The number of nitrogens with zero attached hydrogens (tertiary/aromatic N) is 1. The molecule has 0 aliphatic carbocycles. The number of halogens is 1. The van der Waals surface area contributed by atoms with Crippen LogP contribution in [0.15, 0.2) is 18.2 Å². The summed E-state index contributed by atoms with van der Waals surface area (Å²) in [5.74, 6) is 1.96. The van der Waals surface area contributed by atoms with E-state index in [9.17, 15) is 9.18 Å². The van der Waals surface area contributed by atoms with Crippen LogP contribution in [0.5, 0.6) is 0 Å². The van der Waals surface area contributed by atoms with Gasteiger partial charge in [-0.15, -0.1) is 12.3 Å². The van der Waals surface area contributed by atoms with Crippen molar-refractivity contribution in [2.75, 3.05) is 11.4 Å². The molecule has 3 heteroatoms. The maximum absolute atomic E-state index is 13.6. The minimum Gasteiger partial charge on any atom is -0.308 e. The molecule has 0 saturated carbocycles. The lowest BCUT2D eigenvalue weighted by Gasteiger charge is -2.17. The fourth-order valence-corrected chi connectivity index (χ4v) is 1.88. The maximum atomic E-state index is 13.6. The maximum Gasteiger partial charge on any atom is 0.228 e. The lowest BCUT2D eigenvalue weighted by molar-refractivity contribution is -0.117. The molecule has 2 rings (SSSR count). The number of benzene rings is 1. The Morgan fingerprint density at radius 2 is 2.31 bits per heavy atom. The van der Waals surface area contributed by atoms with Gasteiger partial charge >= 0.3 is 0 Å². The zero-order chi connectivity index (χ0) is 11.7. The second kappa shape index (κ2) is 3.97. The first-order chi connectivity index (χ1) is 7.61. The minimum atomic E-state index is -0.378. The van der Waals surface area contributed by atoms with Gasteiger partial charge in [-0.05, 0) is 24.6 Å². The zero-order valence-corrected chi connectivity index (χ0v) is 9.03. The van der Waals surface area contributed by atoms with Crippen molar-refractivity contribution < 1.29 is 9.18 Å². The van der Waals surface area contributed by atoms with Gasteiger partial charge in [-0.3, -0.25) is 4.79 Å². The van der Waals surface area contributed by atoms with Crippen molar-refractivity contribution in [3.63, 3.8) is 0 Å². The Morgan fingerprint density at radius 3 is 2.94 bits per heavy atom. The zero-order valence-electron chi connectivity index (χ0n) is 9.03. The van der Waals surface area contributed by atoms with E-state index in [1.165, 1.54) is 11.0 Å². The molecule has 1 aliphatic rings. The number of amides is 1. The average molecular weight is 217 g/mol. The fraction of sp³-hybridized carbons (Fsp3) is 0.308. The predicted molar refractivity (Wildman–Crippen MR) is 60.4 cm³/mol. The van der Waals surface area contributed by atoms with Crippen LogP contribution in [0.1, 0.15) is 12.0 Å². The molecule has 0 N–H and O–H groups in total. The number of carbonyl (C=O) groups is 1. The van der Waals surface area contributed by atoms with E-state index in [0.29, 0.717) is 18.7 Å². The van der Waals surface area contributed by atoms with Crippen LogP contribution < -0.4 is 4.90 Å². The van der Waals surface area contributed by atoms with Gasteiger partial charge in [-0.1, -0.05) is 6.07 Å². The van der Waals surface area contributed by atoms with Crippen LogP contribution in [0.2, 0.25) is 0 Å². The van der Waals surface area contributed by atoms with Gasteiger partial charge in [0.25, 0.3) is 0 Å². The molecule has 0 spiro atoms. The van der Waals surface area contributed by atoms with E-state index in [-0.39, 0.29) is 17.6 Å². The molecule has 1 amide bonds. The molecule has 1 aliphatic heterocycles. The number of anilines is 1. The van der Waals surface area contributed by atoms with Crippen LogP contribution in [0, 0.1) is 31.0 Å². The Hall–Kier alpha value is -1.82. The van der Waals surface area contributed by atoms with Crippen LogP contribution in [0.3, 0.4) is 0 Å².